The molecule has 11 nitrogen and oxygen atoms in total. The van der Waals surface area contributed by atoms with Gasteiger partial charge in [-0.05, 0) is 17.4 Å². The average molecular weight is 478 g/mol. The van der Waals surface area contributed by atoms with Crippen molar-refractivity contribution in [3.63, 3.8) is 0 Å². The van der Waals surface area contributed by atoms with Crippen LogP contribution in [0.3, 0.4) is 0 Å². The third-order valence-corrected chi connectivity index (χ3v) is 5.21. The van der Waals surface area contributed by atoms with Crippen LogP contribution in [0.2, 0.25) is 0 Å². The van der Waals surface area contributed by atoms with E-state index in [9.17, 15) is 29.1 Å². The van der Waals surface area contributed by atoms with Gasteiger partial charge in [0.15, 0.2) is 0 Å². The van der Waals surface area contributed by atoms with E-state index in [2.05, 4.69) is 16.0 Å². The summed E-state index contributed by atoms with van der Waals surface area (Å²) >= 11 is 0. The van der Waals surface area contributed by atoms with Gasteiger partial charge in [-0.1, -0.05) is 58.0 Å². The second kappa shape index (κ2) is 13.3. The number of nitrogens with one attached hydrogen (secondary N) is 3. The molecule has 4 amide bonds. The Kier molecular flexibility index (Phi) is 11.2. The third kappa shape index (κ3) is 9.18. The molecule has 0 fully saturated rings. The van der Waals surface area contributed by atoms with Crippen LogP contribution in [0.1, 0.15) is 39.7 Å². The van der Waals surface area contributed by atoms with Crippen molar-refractivity contribution in [3.05, 3.63) is 35.9 Å². The van der Waals surface area contributed by atoms with E-state index >= 15 is 0 Å². The number of benzene rings is 1. The zero-order chi connectivity index (χ0) is 26.0. The van der Waals surface area contributed by atoms with E-state index in [0.29, 0.717) is 0 Å². The Morgan fingerprint density at radius 1 is 0.824 bits per heavy atom. The van der Waals surface area contributed by atoms with Gasteiger partial charge in [0, 0.05) is 6.42 Å². The second-order valence-corrected chi connectivity index (χ2v) is 8.82. The standard InChI is InChI=1S/C23H35N5O6/c1-12(2)18(25)22(32)27-15(10-14-8-6-5-7-9-14)20(30)26-16(11-17(24)29)21(31)28-19(13(3)4)23(33)34/h5-9,12-13,15-16,18-19H,10-11,25H2,1-4H3,(H2,24,29)(H,26,30)(H,27,32)(H,28,31)(H,33,34). The first-order valence-electron chi connectivity index (χ1n) is 11.0. The molecule has 0 saturated carbocycles. The van der Waals surface area contributed by atoms with Gasteiger partial charge in [0.2, 0.25) is 23.6 Å². The van der Waals surface area contributed by atoms with E-state index in [-0.39, 0.29) is 12.3 Å². The SMILES string of the molecule is CC(C)C(N)C(=O)NC(Cc1ccccc1)C(=O)NC(CC(N)=O)C(=O)NC(C(=O)O)C(C)C. The Hall–Kier alpha value is -3.47. The molecule has 11 heteroatoms. The minimum absolute atomic E-state index is 0.0951. The summed E-state index contributed by atoms with van der Waals surface area (Å²) in [5, 5.41) is 16.7. The first kappa shape index (κ1) is 28.6. The Balaban J connectivity index is 3.12. The van der Waals surface area contributed by atoms with E-state index < -0.39 is 66.1 Å². The maximum Gasteiger partial charge on any atom is 0.326 e. The summed E-state index contributed by atoms with van der Waals surface area (Å²) in [5.74, 6) is -4.94. The van der Waals surface area contributed by atoms with Gasteiger partial charge < -0.3 is 32.5 Å². The lowest BCUT2D eigenvalue weighted by atomic mass is 10.0. The van der Waals surface area contributed by atoms with E-state index in [0.717, 1.165) is 5.56 Å². The number of carbonyl (C=O) groups is 5. The number of rotatable bonds is 13. The molecule has 4 unspecified atom stereocenters. The van der Waals surface area contributed by atoms with E-state index in [1.807, 2.05) is 0 Å². The van der Waals surface area contributed by atoms with Crippen LogP contribution < -0.4 is 27.4 Å². The van der Waals surface area contributed by atoms with Crippen molar-refractivity contribution in [3.8, 4) is 0 Å². The Labute approximate surface area is 199 Å². The number of carbonyl (C=O) groups excluding carboxylic acids is 4. The van der Waals surface area contributed by atoms with Crippen LogP contribution in [0, 0.1) is 11.8 Å². The van der Waals surface area contributed by atoms with Crippen molar-refractivity contribution >= 4 is 29.6 Å². The van der Waals surface area contributed by atoms with Crippen molar-refractivity contribution in [2.45, 2.75) is 64.7 Å². The lowest BCUT2D eigenvalue weighted by Gasteiger charge is -2.26. The van der Waals surface area contributed by atoms with E-state index in [1.54, 1.807) is 58.0 Å². The smallest absolute Gasteiger partial charge is 0.326 e. The molecule has 0 aromatic heterocycles. The van der Waals surface area contributed by atoms with Crippen LogP contribution in [-0.2, 0) is 30.4 Å². The van der Waals surface area contributed by atoms with Gasteiger partial charge in [0.1, 0.15) is 18.1 Å². The molecule has 0 saturated heterocycles. The molecular formula is C23H35N5O6. The maximum absolute atomic E-state index is 13.1. The molecule has 8 N–H and O–H groups in total. The van der Waals surface area contributed by atoms with Gasteiger partial charge in [-0.2, -0.15) is 0 Å². The molecule has 0 aliphatic rings. The summed E-state index contributed by atoms with van der Waals surface area (Å²) in [6.07, 6.45) is -0.461. The Morgan fingerprint density at radius 3 is 1.82 bits per heavy atom. The fourth-order valence-corrected chi connectivity index (χ4v) is 3.08. The second-order valence-electron chi connectivity index (χ2n) is 8.82. The number of primary amides is 1. The largest absolute Gasteiger partial charge is 0.480 e. The first-order chi connectivity index (χ1) is 15.8. The highest BCUT2D eigenvalue weighted by molar-refractivity contribution is 5.96. The Morgan fingerprint density at radius 2 is 1.35 bits per heavy atom. The normalized spacial score (nSPS) is 14.6. The summed E-state index contributed by atoms with van der Waals surface area (Å²) in [6.45, 7) is 6.73. The molecule has 1 aromatic carbocycles. The van der Waals surface area contributed by atoms with Gasteiger partial charge in [-0.3, -0.25) is 19.2 Å². The van der Waals surface area contributed by atoms with Gasteiger partial charge in [0.25, 0.3) is 0 Å². The van der Waals surface area contributed by atoms with Crippen molar-refractivity contribution in [1.29, 1.82) is 0 Å². The van der Waals surface area contributed by atoms with Crippen molar-refractivity contribution in [1.82, 2.24) is 16.0 Å². The van der Waals surface area contributed by atoms with Crippen LogP contribution in [0.25, 0.3) is 0 Å². The zero-order valence-corrected chi connectivity index (χ0v) is 19.9. The molecule has 0 aliphatic heterocycles. The fourth-order valence-electron chi connectivity index (χ4n) is 3.08. The summed E-state index contributed by atoms with van der Waals surface area (Å²) in [6, 6.07) is 4.24. The summed E-state index contributed by atoms with van der Waals surface area (Å²) in [4.78, 5) is 61.4. The predicted octanol–water partition coefficient (Wildman–Crippen LogP) is -0.717. The van der Waals surface area contributed by atoms with Gasteiger partial charge in [-0.15, -0.1) is 0 Å². The molecule has 0 aliphatic carbocycles. The van der Waals surface area contributed by atoms with Crippen molar-refractivity contribution in [2.75, 3.05) is 0 Å². The predicted molar refractivity (Wildman–Crippen MR) is 125 cm³/mol. The van der Waals surface area contributed by atoms with E-state index in [1.165, 1.54) is 0 Å². The minimum Gasteiger partial charge on any atom is -0.480 e. The zero-order valence-electron chi connectivity index (χ0n) is 19.9. The van der Waals surface area contributed by atoms with Crippen LogP contribution in [0.15, 0.2) is 30.3 Å². The number of carboxylic acid groups (broad SMARTS) is 1. The summed E-state index contributed by atoms with van der Waals surface area (Å²) in [7, 11) is 0. The monoisotopic (exact) mass is 477 g/mol. The van der Waals surface area contributed by atoms with Crippen molar-refractivity contribution < 1.29 is 29.1 Å². The number of hydrogen-bond acceptors (Lipinski definition) is 6. The van der Waals surface area contributed by atoms with Crippen LogP contribution >= 0.6 is 0 Å². The third-order valence-electron chi connectivity index (χ3n) is 5.21. The lowest BCUT2D eigenvalue weighted by molar-refractivity contribution is -0.143. The van der Waals surface area contributed by atoms with E-state index in [4.69, 9.17) is 11.5 Å². The molecule has 188 valence electrons. The van der Waals surface area contributed by atoms with Crippen LogP contribution in [-0.4, -0.2) is 58.9 Å². The molecule has 0 radical (unpaired) electrons. The topological polar surface area (TPSA) is 194 Å². The highest BCUT2D eigenvalue weighted by atomic mass is 16.4. The molecule has 34 heavy (non-hydrogen) atoms. The minimum atomic E-state index is -1.43. The number of aliphatic carboxylic acids is 1. The molecule has 1 rings (SSSR count). The van der Waals surface area contributed by atoms with Crippen LogP contribution in [0.5, 0.6) is 0 Å². The maximum atomic E-state index is 13.1. The highest BCUT2D eigenvalue weighted by Crippen LogP contribution is 2.08. The molecular weight excluding hydrogens is 442 g/mol. The van der Waals surface area contributed by atoms with Crippen LogP contribution in [0.4, 0.5) is 0 Å². The number of hydrogen-bond donors (Lipinski definition) is 6. The Bertz CT molecular complexity index is 874. The highest BCUT2D eigenvalue weighted by Gasteiger charge is 2.32. The van der Waals surface area contributed by atoms with Gasteiger partial charge in [-0.25, -0.2) is 4.79 Å². The molecule has 4 atom stereocenters. The lowest BCUT2D eigenvalue weighted by Crippen LogP contribution is -2.59. The average Bonchev–Trinajstić information content (AvgIpc) is 2.75. The quantitative estimate of drug-likeness (QED) is 0.216. The molecule has 0 bridgehead atoms. The summed E-state index contributed by atoms with van der Waals surface area (Å²) in [5.41, 5.74) is 11.9. The van der Waals surface area contributed by atoms with Gasteiger partial charge >= 0.3 is 5.97 Å². The summed E-state index contributed by atoms with van der Waals surface area (Å²) < 4.78 is 0. The number of nitrogens with two attached hydrogens (primary N) is 2. The van der Waals surface area contributed by atoms with Crippen molar-refractivity contribution in [2.24, 2.45) is 23.3 Å². The van der Waals surface area contributed by atoms with Gasteiger partial charge in [0.05, 0.1) is 12.5 Å². The fraction of sp³-hybridized carbons (Fsp3) is 0.522. The molecule has 1 aromatic rings. The molecule has 0 spiro atoms. The molecule has 0 heterocycles. The number of carboxylic acids is 1. The first-order valence-corrected chi connectivity index (χ1v) is 11.0. The number of amides is 4.